The fourth-order valence-electron chi connectivity index (χ4n) is 2.94. The standard InChI is InChI=1S/C15H21NO3S/c1-3-4-15(14(18)19)5-7-16(8-6-15)13(17)12-10-20-9-11(12)2/h9-10H,3-8H2,1-2H3,(H,18,19). The molecule has 5 heteroatoms. The van der Waals surface area contributed by atoms with Crippen LogP contribution >= 0.6 is 11.3 Å². The summed E-state index contributed by atoms with van der Waals surface area (Å²) in [6, 6.07) is 0. The second kappa shape index (κ2) is 5.95. The molecular formula is C15H21NO3S. The van der Waals surface area contributed by atoms with E-state index in [2.05, 4.69) is 0 Å². The van der Waals surface area contributed by atoms with E-state index in [1.165, 1.54) is 11.3 Å². The molecule has 0 unspecified atom stereocenters. The number of piperidine rings is 1. The summed E-state index contributed by atoms with van der Waals surface area (Å²) >= 11 is 1.53. The molecule has 0 radical (unpaired) electrons. The molecule has 1 aliphatic heterocycles. The number of rotatable bonds is 4. The number of hydrogen-bond acceptors (Lipinski definition) is 3. The van der Waals surface area contributed by atoms with E-state index in [1.807, 2.05) is 24.6 Å². The molecule has 0 spiro atoms. The third-order valence-electron chi connectivity index (χ3n) is 4.28. The van der Waals surface area contributed by atoms with Crippen LogP contribution < -0.4 is 0 Å². The van der Waals surface area contributed by atoms with E-state index in [4.69, 9.17) is 0 Å². The Morgan fingerprint density at radius 2 is 2.00 bits per heavy atom. The second-order valence-corrected chi connectivity index (χ2v) is 6.34. The summed E-state index contributed by atoms with van der Waals surface area (Å²) in [6.07, 6.45) is 2.68. The average Bonchev–Trinajstić information content (AvgIpc) is 2.85. The number of aliphatic carboxylic acids is 1. The van der Waals surface area contributed by atoms with E-state index < -0.39 is 11.4 Å². The first-order valence-corrected chi connectivity index (χ1v) is 8.00. The number of carboxylic acids is 1. The van der Waals surface area contributed by atoms with Crippen molar-refractivity contribution in [2.75, 3.05) is 13.1 Å². The highest BCUT2D eigenvalue weighted by molar-refractivity contribution is 7.08. The minimum absolute atomic E-state index is 0.0410. The predicted molar refractivity (Wildman–Crippen MR) is 79.2 cm³/mol. The molecule has 0 aromatic carbocycles. The fourth-order valence-corrected chi connectivity index (χ4v) is 3.76. The zero-order chi connectivity index (χ0) is 14.8. The van der Waals surface area contributed by atoms with Crippen LogP contribution in [0.15, 0.2) is 10.8 Å². The highest BCUT2D eigenvalue weighted by Gasteiger charge is 2.41. The predicted octanol–water partition coefficient (Wildman–Crippen LogP) is 3.16. The van der Waals surface area contributed by atoms with Gasteiger partial charge in [0.1, 0.15) is 0 Å². The summed E-state index contributed by atoms with van der Waals surface area (Å²) in [4.78, 5) is 25.7. The molecule has 4 nitrogen and oxygen atoms in total. The number of amides is 1. The Labute approximate surface area is 123 Å². The highest BCUT2D eigenvalue weighted by atomic mass is 32.1. The van der Waals surface area contributed by atoms with Crippen LogP contribution in [0.1, 0.15) is 48.5 Å². The van der Waals surface area contributed by atoms with Crippen LogP contribution in [-0.4, -0.2) is 35.0 Å². The molecule has 0 bridgehead atoms. The van der Waals surface area contributed by atoms with Crippen molar-refractivity contribution in [3.63, 3.8) is 0 Å². The molecule has 1 fully saturated rings. The molecule has 2 rings (SSSR count). The third kappa shape index (κ3) is 2.73. The minimum Gasteiger partial charge on any atom is -0.481 e. The summed E-state index contributed by atoms with van der Waals surface area (Å²) in [5.41, 5.74) is 1.13. The normalized spacial score (nSPS) is 18.0. The second-order valence-electron chi connectivity index (χ2n) is 5.60. The van der Waals surface area contributed by atoms with Gasteiger partial charge in [-0.25, -0.2) is 0 Å². The van der Waals surface area contributed by atoms with Crippen molar-refractivity contribution in [2.45, 2.75) is 39.5 Å². The lowest BCUT2D eigenvalue weighted by molar-refractivity contribution is -0.152. The number of carbonyl (C=O) groups excluding carboxylic acids is 1. The van der Waals surface area contributed by atoms with Crippen LogP contribution in [0, 0.1) is 12.3 Å². The Kier molecular flexibility index (Phi) is 4.48. The van der Waals surface area contributed by atoms with Crippen LogP contribution in [0.3, 0.4) is 0 Å². The van der Waals surface area contributed by atoms with Gasteiger partial charge in [0.25, 0.3) is 5.91 Å². The van der Waals surface area contributed by atoms with Crippen LogP contribution in [0.4, 0.5) is 0 Å². The van der Waals surface area contributed by atoms with Gasteiger partial charge in [0, 0.05) is 18.5 Å². The summed E-state index contributed by atoms with van der Waals surface area (Å²) in [5, 5.41) is 13.3. The quantitative estimate of drug-likeness (QED) is 0.928. The molecule has 110 valence electrons. The highest BCUT2D eigenvalue weighted by Crippen LogP contribution is 2.37. The molecule has 1 aliphatic rings. The van der Waals surface area contributed by atoms with Crippen molar-refractivity contribution < 1.29 is 14.7 Å². The zero-order valence-electron chi connectivity index (χ0n) is 12.0. The molecule has 1 amide bonds. The molecular weight excluding hydrogens is 274 g/mol. The number of likely N-dealkylation sites (tertiary alicyclic amines) is 1. The van der Waals surface area contributed by atoms with Gasteiger partial charge >= 0.3 is 5.97 Å². The molecule has 0 aliphatic carbocycles. The Morgan fingerprint density at radius 3 is 2.45 bits per heavy atom. The summed E-state index contributed by atoms with van der Waals surface area (Å²) in [5.74, 6) is -0.669. The largest absolute Gasteiger partial charge is 0.481 e. The van der Waals surface area contributed by atoms with Gasteiger partial charge in [-0.1, -0.05) is 13.3 Å². The molecule has 1 aromatic heterocycles. The maximum atomic E-state index is 12.4. The van der Waals surface area contributed by atoms with Gasteiger partial charge in [-0.3, -0.25) is 9.59 Å². The molecule has 1 saturated heterocycles. The van der Waals surface area contributed by atoms with Gasteiger partial charge < -0.3 is 10.0 Å². The Balaban J connectivity index is 2.05. The zero-order valence-corrected chi connectivity index (χ0v) is 12.8. The molecule has 0 atom stereocenters. The monoisotopic (exact) mass is 295 g/mol. The summed E-state index contributed by atoms with van der Waals surface area (Å²) < 4.78 is 0. The average molecular weight is 295 g/mol. The van der Waals surface area contributed by atoms with E-state index in [-0.39, 0.29) is 5.91 Å². The van der Waals surface area contributed by atoms with Crippen LogP contribution in [0.25, 0.3) is 0 Å². The summed E-state index contributed by atoms with van der Waals surface area (Å²) in [7, 11) is 0. The SMILES string of the molecule is CCCC1(C(=O)O)CCN(C(=O)c2cscc2C)CC1. The fraction of sp³-hybridized carbons (Fsp3) is 0.600. The number of hydrogen-bond donors (Lipinski definition) is 1. The van der Waals surface area contributed by atoms with Gasteiger partial charge in [0.15, 0.2) is 0 Å². The van der Waals surface area contributed by atoms with Crippen molar-refractivity contribution >= 4 is 23.2 Å². The van der Waals surface area contributed by atoms with Crippen LogP contribution in [0.2, 0.25) is 0 Å². The van der Waals surface area contributed by atoms with E-state index in [9.17, 15) is 14.7 Å². The van der Waals surface area contributed by atoms with Gasteiger partial charge in [0.2, 0.25) is 0 Å². The lowest BCUT2D eigenvalue weighted by Gasteiger charge is -2.38. The van der Waals surface area contributed by atoms with E-state index in [0.29, 0.717) is 32.4 Å². The third-order valence-corrected chi connectivity index (χ3v) is 5.14. The van der Waals surface area contributed by atoms with Crippen molar-refractivity contribution in [3.8, 4) is 0 Å². The number of carboxylic acid groups (broad SMARTS) is 1. The van der Waals surface area contributed by atoms with Crippen molar-refractivity contribution in [3.05, 3.63) is 21.9 Å². The molecule has 1 aromatic rings. The van der Waals surface area contributed by atoms with E-state index in [1.54, 1.807) is 4.90 Å². The first-order chi connectivity index (χ1) is 9.50. The van der Waals surface area contributed by atoms with Crippen molar-refractivity contribution in [2.24, 2.45) is 5.41 Å². The topological polar surface area (TPSA) is 57.6 Å². The number of aryl methyl sites for hydroxylation is 1. The number of nitrogens with zero attached hydrogens (tertiary/aromatic N) is 1. The van der Waals surface area contributed by atoms with E-state index >= 15 is 0 Å². The maximum absolute atomic E-state index is 12.4. The lowest BCUT2D eigenvalue weighted by atomic mass is 9.75. The van der Waals surface area contributed by atoms with Crippen molar-refractivity contribution in [1.29, 1.82) is 0 Å². The van der Waals surface area contributed by atoms with E-state index in [0.717, 1.165) is 17.5 Å². The molecule has 0 saturated carbocycles. The Hall–Kier alpha value is -1.36. The van der Waals surface area contributed by atoms with Gasteiger partial charge in [-0.2, -0.15) is 11.3 Å². The van der Waals surface area contributed by atoms with Crippen LogP contribution in [-0.2, 0) is 4.79 Å². The van der Waals surface area contributed by atoms with Gasteiger partial charge in [0.05, 0.1) is 11.0 Å². The first kappa shape index (κ1) is 15.0. The van der Waals surface area contributed by atoms with Crippen LogP contribution in [0.5, 0.6) is 0 Å². The lowest BCUT2D eigenvalue weighted by Crippen LogP contribution is -2.46. The smallest absolute Gasteiger partial charge is 0.309 e. The summed E-state index contributed by atoms with van der Waals surface area (Å²) in [6.45, 7) is 5.03. The number of carbonyl (C=O) groups is 2. The van der Waals surface area contributed by atoms with Gasteiger partial charge in [-0.05, 0) is 37.1 Å². The van der Waals surface area contributed by atoms with Gasteiger partial charge in [-0.15, -0.1) is 0 Å². The maximum Gasteiger partial charge on any atom is 0.309 e. The minimum atomic E-state index is -0.710. The Bertz CT molecular complexity index is 501. The molecule has 20 heavy (non-hydrogen) atoms. The first-order valence-electron chi connectivity index (χ1n) is 7.05. The van der Waals surface area contributed by atoms with Crippen molar-refractivity contribution in [1.82, 2.24) is 4.90 Å². The Morgan fingerprint density at radius 1 is 1.35 bits per heavy atom. The molecule has 1 N–H and O–H groups in total. The number of thiophene rings is 1. The molecule has 2 heterocycles.